The number of anilines is 2. The van der Waals surface area contributed by atoms with Crippen molar-refractivity contribution in [3.05, 3.63) is 89.4 Å². The van der Waals surface area contributed by atoms with Crippen LogP contribution in [0.4, 0.5) is 11.5 Å². The van der Waals surface area contributed by atoms with E-state index in [0.29, 0.717) is 25.2 Å². The van der Waals surface area contributed by atoms with Crippen LogP contribution in [0.5, 0.6) is 0 Å². The minimum atomic E-state index is -0.329. The molecule has 8 nitrogen and oxygen atoms in total. The summed E-state index contributed by atoms with van der Waals surface area (Å²) in [4.78, 5) is 37.7. The quantitative estimate of drug-likeness (QED) is 0.215. The molecule has 44 heavy (non-hydrogen) atoms. The number of aromatic nitrogens is 4. The Hall–Kier alpha value is -4.85. The van der Waals surface area contributed by atoms with Crippen LogP contribution in [0.15, 0.2) is 66.9 Å². The fourth-order valence-corrected chi connectivity index (χ4v) is 6.56. The number of hydrogen-bond donors (Lipinski definition) is 1. The Morgan fingerprint density at radius 1 is 0.955 bits per heavy atom. The Balaban J connectivity index is 0.00000240. The van der Waals surface area contributed by atoms with Crippen molar-refractivity contribution in [3.8, 4) is 22.4 Å². The zero-order chi connectivity index (χ0) is 31.1. The Labute approximate surface area is 261 Å². The van der Waals surface area contributed by atoms with Gasteiger partial charge < -0.3 is 10.2 Å². The molecule has 0 spiro atoms. The van der Waals surface area contributed by atoms with E-state index in [-0.39, 0.29) is 26.5 Å². The van der Waals surface area contributed by atoms with Gasteiger partial charge in [0.2, 0.25) is 5.91 Å². The smallest absolute Gasteiger partial charge is 0.224 e. The normalized spacial score (nSPS) is 16.5. The van der Waals surface area contributed by atoms with E-state index >= 15 is 0 Å². The number of Topliss-reactive ketones (excluding diaryl/α,β-unsaturated/α-hetero) is 1. The van der Waals surface area contributed by atoms with Gasteiger partial charge in [-0.05, 0) is 93.5 Å². The standard InChI is InChI=1S/C36H38N6O2.2H2/c1-21-9-7-8-10-31(21)35-23(3)36(39-25(5)38-35)42-20-26(16-33(42)24(4)43)17-34(44)40-29-12-13-30(22(2)15-29)27-11-14-32-28(18-27)19-37-41(32)6;;/h7-15,18-19,26,33H,16-17,20H2,1-6H3,(H,40,44);2*1H/t26-,33+;;/m1../s1. The summed E-state index contributed by atoms with van der Waals surface area (Å²) < 4.78 is 1.87. The second-order valence-electron chi connectivity index (χ2n) is 12.1. The van der Waals surface area contributed by atoms with Gasteiger partial charge in [0.05, 0.1) is 23.4 Å². The molecule has 3 aromatic carbocycles. The van der Waals surface area contributed by atoms with E-state index in [2.05, 4.69) is 65.6 Å². The number of benzene rings is 3. The van der Waals surface area contributed by atoms with Crippen molar-refractivity contribution in [1.29, 1.82) is 0 Å². The van der Waals surface area contributed by atoms with Gasteiger partial charge in [-0.25, -0.2) is 9.97 Å². The number of aryl methyl sites for hydroxylation is 4. The highest BCUT2D eigenvalue weighted by Crippen LogP contribution is 2.36. The van der Waals surface area contributed by atoms with E-state index in [1.807, 2.05) is 56.0 Å². The van der Waals surface area contributed by atoms with Crippen molar-refractivity contribution in [3.63, 3.8) is 0 Å². The first-order valence-corrected chi connectivity index (χ1v) is 15.1. The van der Waals surface area contributed by atoms with Crippen LogP contribution >= 0.6 is 0 Å². The number of nitrogens with zero attached hydrogens (tertiary/aromatic N) is 5. The van der Waals surface area contributed by atoms with Crippen LogP contribution in [0.25, 0.3) is 33.3 Å². The van der Waals surface area contributed by atoms with Crippen molar-refractivity contribution in [2.75, 3.05) is 16.8 Å². The van der Waals surface area contributed by atoms with Gasteiger partial charge in [-0.2, -0.15) is 5.10 Å². The summed E-state index contributed by atoms with van der Waals surface area (Å²) in [7, 11) is 1.94. The third-order valence-electron chi connectivity index (χ3n) is 8.80. The molecule has 0 aliphatic carbocycles. The summed E-state index contributed by atoms with van der Waals surface area (Å²) >= 11 is 0. The lowest BCUT2D eigenvalue weighted by Crippen LogP contribution is -2.36. The molecule has 1 aliphatic heterocycles. The lowest BCUT2D eigenvalue weighted by molar-refractivity contribution is -0.119. The van der Waals surface area contributed by atoms with Crippen LogP contribution < -0.4 is 10.2 Å². The molecule has 0 radical (unpaired) electrons. The maximum absolute atomic E-state index is 13.3. The molecule has 0 saturated carbocycles. The van der Waals surface area contributed by atoms with Crippen LogP contribution in [-0.4, -0.2) is 44.0 Å². The Kier molecular flexibility index (Phi) is 7.76. The molecular weight excluding hydrogens is 548 g/mol. The highest BCUT2D eigenvalue weighted by Gasteiger charge is 2.38. The maximum atomic E-state index is 13.3. The number of amides is 1. The molecule has 6 rings (SSSR count). The average molecular weight is 591 g/mol. The predicted octanol–water partition coefficient (Wildman–Crippen LogP) is 7.24. The number of nitrogens with one attached hydrogen (secondary N) is 1. The third-order valence-corrected chi connectivity index (χ3v) is 8.80. The van der Waals surface area contributed by atoms with Gasteiger partial charge in [-0.15, -0.1) is 0 Å². The molecule has 0 unspecified atom stereocenters. The van der Waals surface area contributed by atoms with Crippen LogP contribution in [0, 0.1) is 33.6 Å². The van der Waals surface area contributed by atoms with Gasteiger partial charge in [0.1, 0.15) is 11.6 Å². The van der Waals surface area contributed by atoms with Crippen molar-refractivity contribution >= 4 is 34.1 Å². The molecule has 2 aromatic heterocycles. The lowest BCUT2D eigenvalue weighted by atomic mass is 9.98. The summed E-state index contributed by atoms with van der Waals surface area (Å²) in [5.74, 6) is 1.48. The predicted molar refractivity (Wildman–Crippen MR) is 180 cm³/mol. The maximum Gasteiger partial charge on any atom is 0.224 e. The summed E-state index contributed by atoms with van der Waals surface area (Å²) in [6, 6.07) is 20.2. The molecule has 228 valence electrons. The molecule has 1 amide bonds. The highest BCUT2D eigenvalue weighted by molar-refractivity contribution is 5.93. The van der Waals surface area contributed by atoms with Crippen molar-refractivity contribution in [2.45, 2.75) is 53.5 Å². The number of hydrogen-bond acceptors (Lipinski definition) is 6. The molecule has 1 aliphatic rings. The molecule has 1 N–H and O–H groups in total. The molecule has 0 bridgehead atoms. The zero-order valence-electron chi connectivity index (χ0n) is 26.2. The number of ketones is 1. The van der Waals surface area contributed by atoms with Gasteiger partial charge in [0, 0.05) is 45.1 Å². The SMILES string of the molecule is CC(=O)[C@@H]1C[C@H](CC(=O)Nc2ccc(-c3ccc4c(cnn4C)c3)c(C)c2)CN1c1nc(C)nc(-c2ccccc2C)c1C.[HH].[HH]. The Morgan fingerprint density at radius 3 is 2.50 bits per heavy atom. The lowest BCUT2D eigenvalue weighted by Gasteiger charge is -2.26. The minimum Gasteiger partial charge on any atom is -0.346 e. The van der Waals surface area contributed by atoms with Gasteiger partial charge in [0.15, 0.2) is 5.78 Å². The summed E-state index contributed by atoms with van der Waals surface area (Å²) in [5, 5.41) is 8.54. The summed E-state index contributed by atoms with van der Waals surface area (Å²) in [5.41, 5.74) is 9.18. The third kappa shape index (κ3) is 5.60. The van der Waals surface area contributed by atoms with E-state index in [9.17, 15) is 9.59 Å². The van der Waals surface area contributed by atoms with E-state index in [1.165, 1.54) is 0 Å². The van der Waals surface area contributed by atoms with Crippen LogP contribution in [0.2, 0.25) is 0 Å². The minimum absolute atomic E-state index is 0. The summed E-state index contributed by atoms with van der Waals surface area (Å²) in [6.07, 6.45) is 2.81. The molecule has 2 atom stereocenters. The van der Waals surface area contributed by atoms with Crippen molar-refractivity contribution < 1.29 is 12.4 Å². The van der Waals surface area contributed by atoms with E-state index in [1.54, 1.807) is 6.92 Å². The zero-order valence-corrected chi connectivity index (χ0v) is 26.2. The second kappa shape index (κ2) is 11.7. The molecule has 1 fully saturated rings. The fourth-order valence-electron chi connectivity index (χ4n) is 6.56. The van der Waals surface area contributed by atoms with E-state index < -0.39 is 0 Å². The molecule has 3 heterocycles. The first kappa shape index (κ1) is 29.2. The van der Waals surface area contributed by atoms with Crippen LogP contribution in [0.1, 0.15) is 45.1 Å². The average Bonchev–Trinajstić information content (AvgIpc) is 3.57. The summed E-state index contributed by atoms with van der Waals surface area (Å²) in [6.45, 7) is 10.2. The number of rotatable bonds is 7. The Bertz CT molecular complexity index is 1920. The van der Waals surface area contributed by atoms with E-state index in [0.717, 1.165) is 61.5 Å². The van der Waals surface area contributed by atoms with Gasteiger partial charge >= 0.3 is 0 Å². The molecule has 8 heteroatoms. The topological polar surface area (TPSA) is 93.0 Å². The molecule has 1 saturated heterocycles. The molecular formula is C36H42N6O2. The highest BCUT2D eigenvalue weighted by atomic mass is 16.1. The first-order chi connectivity index (χ1) is 21.1. The van der Waals surface area contributed by atoms with Crippen molar-refractivity contribution in [2.24, 2.45) is 13.0 Å². The van der Waals surface area contributed by atoms with Crippen LogP contribution in [0.3, 0.4) is 0 Å². The van der Waals surface area contributed by atoms with E-state index in [4.69, 9.17) is 9.97 Å². The van der Waals surface area contributed by atoms with Gasteiger partial charge in [-0.3, -0.25) is 14.3 Å². The van der Waals surface area contributed by atoms with Crippen molar-refractivity contribution in [1.82, 2.24) is 19.7 Å². The largest absolute Gasteiger partial charge is 0.346 e. The number of carbonyl (C=O) groups excluding carboxylic acids is 2. The monoisotopic (exact) mass is 590 g/mol. The first-order valence-electron chi connectivity index (χ1n) is 15.1. The molecule has 5 aromatic rings. The Morgan fingerprint density at radius 2 is 1.75 bits per heavy atom. The second-order valence-corrected chi connectivity index (χ2v) is 12.1. The van der Waals surface area contributed by atoms with Crippen LogP contribution in [-0.2, 0) is 16.6 Å². The number of carbonyl (C=O) groups is 2. The van der Waals surface area contributed by atoms with Gasteiger partial charge in [0.25, 0.3) is 0 Å². The van der Waals surface area contributed by atoms with Gasteiger partial charge in [-0.1, -0.05) is 36.4 Å². The number of fused-ring (bicyclic) bond motifs is 1. The fraction of sp³-hybridized carbons (Fsp3) is 0.306.